The lowest BCUT2D eigenvalue weighted by Crippen LogP contribution is -2.46. The van der Waals surface area contributed by atoms with E-state index in [1.165, 1.54) is 6.92 Å². The van der Waals surface area contributed by atoms with Gasteiger partial charge in [-0.15, -0.1) is 0 Å². The van der Waals surface area contributed by atoms with Crippen LogP contribution < -0.4 is 0 Å². The van der Waals surface area contributed by atoms with E-state index >= 15 is 0 Å². The van der Waals surface area contributed by atoms with Crippen LogP contribution in [0.4, 0.5) is 0 Å². The van der Waals surface area contributed by atoms with Gasteiger partial charge >= 0.3 is 0 Å². The van der Waals surface area contributed by atoms with E-state index in [2.05, 4.69) is 4.99 Å². The zero-order chi connectivity index (χ0) is 14.2. The van der Waals surface area contributed by atoms with Crippen molar-refractivity contribution >= 4 is 17.6 Å². The molecular formula is C14H20N2O3. The molecule has 0 fully saturated rings. The van der Waals surface area contributed by atoms with Crippen LogP contribution in [0.1, 0.15) is 40.5 Å². The Balaban J connectivity index is 2.45. The van der Waals surface area contributed by atoms with Crippen molar-refractivity contribution in [3.8, 4) is 0 Å². The van der Waals surface area contributed by atoms with Crippen molar-refractivity contribution in [2.24, 2.45) is 10.9 Å². The molecule has 0 N–H and O–H groups in total. The number of nitrogens with zero attached hydrogens (tertiary/aromatic N) is 2. The summed E-state index contributed by atoms with van der Waals surface area (Å²) in [5.74, 6) is 0.361. The molecule has 5 nitrogen and oxygen atoms in total. The van der Waals surface area contributed by atoms with E-state index in [4.69, 9.17) is 4.74 Å². The Morgan fingerprint density at radius 2 is 2.21 bits per heavy atom. The van der Waals surface area contributed by atoms with Gasteiger partial charge in [0.1, 0.15) is 5.54 Å². The molecule has 2 amide bonds. The lowest BCUT2D eigenvalue weighted by Gasteiger charge is -2.24. The van der Waals surface area contributed by atoms with Crippen LogP contribution >= 0.6 is 0 Å². The highest BCUT2D eigenvalue weighted by atomic mass is 16.5. The second kappa shape index (κ2) is 4.79. The highest BCUT2D eigenvalue weighted by Crippen LogP contribution is 2.33. The first-order valence-electron chi connectivity index (χ1n) is 6.66. The van der Waals surface area contributed by atoms with Crippen molar-refractivity contribution in [3.05, 3.63) is 11.8 Å². The van der Waals surface area contributed by atoms with Gasteiger partial charge in [-0.3, -0.25) is 9.59 Å². The summed E-state index contributed by atoms with van der Waals surface area (Å²) in [4.78, 5) is 29.9. The molecule has 0 spiro atoms. The molecule has 2 heterocycles. The Morgan fingerprint density at radius 1 is 1.53 bits per heavy atom. The Hall–Kier alpha value is -1.65. The van der Waals surface area contributed by atoms with E-state index in [0.29, 0.717) is 18.2 Å². The topological polar surface area (TPSA) is 59.0 Å². The number of amidine groups is 1. The van der Waals surface area contributed by atoms with Crippen LogP contribution in [-0.2, 0) is 14.3 Å². The average molecular weight is 264 g/mol. The Kier molecular flexibility index (Phi) is 3.47. The maximum Gasteiger partial charge on any atom is 0.263 e. The predicted octanol–water partition coefficient (Wildman–Crippen LogP) is 1.88. The molecule has 0 bridgehead atoms. The van der Waals surface area contributed by atoms with Gasteiger partial charge in [-0.2, -0.15) is 0 Å². The van der Waals surface area contributed by atoms with Gasteiger partial charge in [0, 0.05) is 6.92 Å². The summed E-state index contributed by atoms with van der Waals surface area (Å²) in [5.41, 5.74) is -0.886. The van der Waals surface area contributed by atoms with E-state index < -0.39 is 5.54 Å². The van der Waals surface area contributed by atoms with Crippen LogP contribution in [0.2, 0.25) is 0 Å². The number of allylic oxidation sites excluding steroid dienone is 1. The third-order valence-corrected chi connectivity index (χ3v) is 3.78. The summed E-state index contributed by atoms with van der Waals surface area (Å²) in [7, 11) is 0. The van der Waals surface area contributed by atoms with Gasteiger partial charge in [0.25, 0.3) is 5.91 Å². The maximum atomic E-state index is 12.5. The van der Waals surface area contributed by atoms with Gasteiger partial charge in [-0.25, -0.2) is 9.89 Å². The third kappa shape index (κ3) is 2.17. The number of amides is 2. The van der Waals surface area contributed by atoms with E-state index in [1.807, 2.05) is 19.9 Å². The third-order valence-electron chi connectivity index (χ3n) is 3.78. The Labute approximate surface area is 113 Å². The van der Waals surface area contributed by atoms with Gasteiger partial charge in [-0.05, 0) is 31.8 Å². The number of rotatable bonds is 2. The van der Waals surface area contributed by atoms with Gasteiger partial charge in [0.15, 0.2) is 11.6 Å². The molecule has 2 aliphatic rings. The highest BCUT2D eigenvalue weighted by molar-refractivity contribution is 6.23. The molecule has 0 radical (unpaired) electrons. The van der Waals surface area contributed by atoms with Gasteiger partial charge in [0.2, 0.25) is 5.91 Å². The summed E-state index contributed by atoms with van der Waals surface area (Å²) >= 11 is 0. The molecule has 104 valence electrons. The first kappa shape index (κ1) is 13.8. The van der Waals surface area contributed by atoms with E-state index in [-0.39, 0.29) is 17.7 Å². The highest BCUT2D eigenvalue weighted by Gasteiger charge is 2.49. The number of carbonyl (C=O) groups excluding carboxylic acids is 2. The summed E-state index contributed by atoms with van der Waals surface area (Å²) in [5, 5.41) is 0. The summed E-state index contributed by atoms with van der Waals surface area (Å²) < 4.78 is 5.55. The normalized spacial score (nSPS) is 27.2. The van der Waals surface area contributed by atoms with Crippen LogP contribution in [0.15, 0.2) is 16.8 Å². The lowest BCUT2D eigenvalue weighted by molar-refractivity contribution is -0.141. The van der Waals surface area contributed by atoms with Crippen LogP contribution in [0.5, 0.6) is 0 Å². The molecule has 5 heteroatoms. The molecule has 0 aromatic carbocycles. The zero-order valence-corrected chi connectivity index (χ0v) is 11.9. The van der Waals surface area contributed by atoms with E-state index in [1.54, 1.807) is 6.92 Å². The average Bonchev–Trinajstić information content (AvgIpc) is 2.65. The van der Waals surface area contributed by atoms with Crippen molar-refractivity contribution in [3.63, 3.8) is 0 Å². The second-order valence-electron chi connectivity index (χ2n) is 5.46. The first-order chi connectivity index (χ1) is 8.88. The number of carbonyl (C=O) groups is 2. The van der Waals surface area contributed by atoms with E-state index in [0.717, 1.165) is 17.7 Å². The Bertz CT molecular complexity index is 479. The number of hydrogen-bond donors (Lipinski definition) is 0. The monoisotopic (exact) mass is 264 g/mol. The molecule has 0 aromatic heterocycles. The molecule has 0 saturated carbocycles. The SMILES string of the molecule is CC(=O)N1C(=O)C(C)(C(C)C)N=C1C1=CCCCO1. The molecule has 2 aliphatic heterocycles. The number of hydrogen-bond acceptors (Lipinski definition) is 4. The molecule has 1 atom stereocenters. The van der Waals surface area contributed by atoms with Gasteiger partial charge < -0.3 is 4.74 Å². The molecule has 0 aliphatic carbocycles. The molecule has 0 saturated heterocycles. The number of imide groups is 1. The summed E-state index contributed by atoms with van der Waals surface area (Å²) in [6, 6.07) is 0. The second-order valence-corrected chi connectivity index (χ2v) is 5.46. The largest absolute Gasteiger partial charge is 0.490 e. The first-order valence-corrected chi connectivity index (χ1v) is 6.66. The molecule has 1 unspecified atom stereocenters. The standard InChI is InChI=1S/C14H20N2O3/c1-9(2)14(4)13(18)16(10(3)17)12(15-14)11-7-5-6-8-19-11/h7,9H,5-6,8H2,1-4H3. The van der Waals surface area contributed by atoms with E-state index in [9.17, 15) is 9.59 Å². The fourth-order valence-electron chi connectivity index (χ4n) is 2.19. The van der Waals surface area contributed by atoms with Crippen molar-refractivity contribution < 1.29 is 14.3 Å². The van der Waals surface area contributed by atoms with Gasteiger partial charge in [0.05, 0.1) is 6.61 Å². The summed E-state index contributed by atoms with van der Waals surface area (Å²) in [6.45, 7) is 7.61. The smallest absolute Gasteiger partial charge is 0.263 e. The van der Waals surface area contributed by atoms with Crippen molar-refractivity contribution in [2.75, 3.05) is 6.61 Å². The van der Waals surface area contributed by atoms with Crippen LogP contribution in [-0.4, -0.2) is 34.7 Å². The lowest BCUT2D eigenvalue weighted by atomic mass is 9.89. The van der Waals surface area contributed by atoms with Crippen LogP contribution in [0, 0.1) is 5.92 Å². The minimum absolute atomic E-state index is 0.0172. The molecule has 0 aromatic rings. The zero-order valence-electron chi connectivity index (χ0n) is 11.9. The fourth-order valence-corrected chi connectivity index (χ4v) is 2.19. The minimum atomic E-state index is -0.886. The van der Waals surface area contributed by atoms with Crippen molar-refractivity contribution in [1.29, 1.82) is 0 Å². The quantitative estimate of drug-likeness (QED) is 0.765. The van der Waals surface area contributed by atoms with Crippen LogP contribution in [0.3, 0.4) is 0 Å². The molecular weight excluding hydrogens is 244 g/mol. The molecule has 2 rings (SSSR count). The minimum Gasteiger partial charge on any atom is -0.490 e. The van der Waals surface area contributed by atoms with Gasteiger partial charge in [-0.1, -0.05) is 13.8 Å². The van der Waals surface area contributed by atoms with Crippen molar-refractivity contribution in [1.82, 2.24) is 4.90 Å². The maximum absolute atomic E-state index is 12.5. The predicted molar refractivity (Wildman–Crippen MR) is 71.5 cm³/mol. The number of ether oxygens (including phenoxy) is 1. The van der Waals surface area contributed by atoms with Crippen LogP contribution in [0.25, 0.3) is 0 Å². The molecule has 19 heavy (non-hydrogen) atoms. The Morgan fingerprint density at radius 3 is 2.68 bits per heavy atom. The number of aliphatic imine (C=N–C) groups is 1. The fraction of sp³-hybridized carbons (Fsp3) is 0.643. The van der Waals surface area contributed by atoms with Crippen molar-refractivity contribution in [2.45, 2.75) is 46.1 Å². The summed E-state index contributed by atoms with van der Waals surface area (Å²) in [6.07, 6.45) is 3.73.